The molecule has 8 nitrogen and oxygen atoms in total. The molecule has 1 saturated carbocycles. The minimum atomic E-state index is -1.28. The van der Waals surface area contributed by atoms with E-state index in [4.69, 9.17) is 14.2 Å². The van der Waals surface area contributed by atoms with Crippen molar-refractivity contribution in [1.29, 1.82) is 0 Å². The van der Waals surface area contributed by atoms with E-state index in [1.54, 1.807) is 12.1 Å². The van der Waals surface area contributed by atoms with Gasteiger partial charge in [-0.1, -0.05) is 6.07 Å². The Hall–Kier alpha value is -1.42. The topological polar surface area (TPSA) is 112 Å². The molecule has 4 unspecified atom stereocenters. The lowest BCUT2D eigenvalue weighted by Gasteiger charge is -2.48. The molecule has 1 saturated heterocycles. The van der Waals surface area contributed by atoms with Gasteiger partial charge in [0.25, 0.3) is 0 Å². The molecule has 8 heteroatoms. The van der Waals surface area contributed by atoms with Gasteiger partial charge in [0.1, 0.15) is 25.0 Å². The van der Waals surface area contributed by atoms with Crippen LogP contribution in [0.4, 0.5) is 0 Å². The summed E-state index contributed by atoms with van der Waals surface area (Å²) < 4.78 is 16.2. The van der Waals surface area contributed by atoms with Gasteiger partial charge in [0.15, 0.2) is 11.5 Å². The summed E-state index contributed by atoms with van der Waals surface area (Å²) in [7, 11) is 0. The average Bonchev–Trinajstić information content (AvgIpc) is 3.01. The summed E-state index contributed by atoms with van der Waals surface area (Å²) in [5.74, 6) is 0.786. The summed E-state index contributed by atoms with van der Waals surface area (Å²) in [5.41, 5.74) is 6.68. The van der Waals surface area contributed by atoms with Crippen molar-refractivity contribution in [3.05, 3.63) is 23.8 Å². The normalized spacial score (nSPS) is 40.3. The van der Waals surface area contributed by atoms with Crippen LogP contribution in [-0.2, 0) is 4.74 Å². The van der Waals surface area contributed by atoms with Crippen LogP contribution in [0.25, 0.3) is 0 Å². The summed E-state index contributed by atoms with van der Waals surface area (Å²) in [6, 6.07) is 4.99. The van der Waals surface area contributed by atoms with Gasteiger partial charge in [-0.15, -0.1) is 0 Å². The molecule has 2 fully saturated rings. The van der Waals surface area contributed by atoms with E-state index in [2.05, 4.69) is 10.9 Å². The van der Waals surface area contributed by atoms with Crippen molar-refractivity contribution in [3.63, 3.8) is 0 Å². The molecule has 22 heavy (non-hydrogen) atoms. The van der Waals surface area contributed by atoms with E-state index in [1.807, 2.05) is 6.07 Å². The number of rotatable bonds is 1. The molecule has 1 aliphatic carbocycles. The SMILES string of the molecule is OC1C2OCNN[C@@H]2C(c2ccc3c(c2)OCO3)C(O)[C@@H]1O. The van der Waals surface area contributed by atoms with E-state index < -0.39 is 30.3 Å². The van der Waals surface area contributed by atoms with Gasteiger partial charge in [-0.3, -0.25) is 0 Å². The fourth-order valence-corrected chi connectivity index (χ4v) is 3.43. The molecule has 120 valence electrons. The van der Waals surface area contributed by atoms with Crippen LogP contribution < -0.4 is 20.3 Å². The largest absolute Gasteiger partial charge is 0.454 e. The lowest BCUT2D eigenvalue weighted by atomic mass is 9.73. The maximum atomic E-state index is 10.4. The number of aliphatic hydroxyl groups excluding tert-OH is 3. The molecular weight excluding hydrogens is 292 g/mol. The van der Waals surface area contributed by atoms with Gasteiger partial charge >= 0.3 is 0 Å². The summed E-state index contributed by atoms with van der Waals surface area (Å²) in [6.45, 7) is 0.386. The minimum Gasteiger partial charge on any atom is -0.454 e. The van der Waals surface area contributed by atoms with Crippen molar-refractivity contribution in [2.24, 2.45) is 0 Å². The van der Waals surface area contributed by atoms with Crippen LogP contribution in [0.3, 0.4) is 0 Å². The van der Waals surface area contributed by atoms with Crippen LogP contribution in [0.5, 0.6) is 11.5 Å². The minimum absolute atomic E-state index is 0.169. The van der Waals surface area contributed by atoms with E-state index in [0.29, 0.717) is 11.5 Å². The summed E-state index contributed by atoms with van der Waals surface area (Å²) in [4.78, 5) is 0. The van der Waals surface area contributed by atoms with Crippen LogP contribution in [0, 0.1) is 0 Å². The molecule has 0 aromatic heterocycles. The number of hydrogen-bond acceptors (Lipinski definition) is 8. The fraction of sp³-hybridized carbons (Fsp3) is 0.571. The van der Waals surface area contributed by atoms with Crippen LogP contribution in [0.2, 0.25) is 0 Å². The molecular formula is C14H18N2O6. The first-order valence-electron chi connectivity index (χ1n) is 7.20. The number of nitrogens with one attached hydrogen (secondary N) is 2. The molecule has 2 heterocycles. The van der Waals surface area contributed by atoms with Crippen LogP contribution in [-0.4, -0.2) is 59.3 Å². The lowest BCUT2D eigenvalue weighted by molar-refractivity contribution is -0.193. The van der Waals surface area contributed by atoms with Gasteiger partial charge < -0.3 is 29.5 Å². The van der Waals surface area contributed by atoms with Crippen LogP contribution in [0.1, 0.15) is 11.5 Å². The van der Waals surface area contributed by atoms with Crippen molar-refractivity contribution < 1.29 is 29.5 Å². The average molecular weight is 310 g/mol. The third kappa shape index (κ3) is 2.08. The Morgan fingerprint density at radius 2 is 1.82 bits per heavy atom. The Morgan fingerprint density at radius 3 is 2.68 bits per heavy atom. The molecule has 0 radical (unpaired) electrons. The highest BCUT2D eigenvalue weighted by molar-refractivity contribution is 5.46. The summed E-state index contributed by atoms with van der Waals surface area (Å²) >= 11 is 0. The standard InChI is InChI=1S/C14H18N2O6/c17-11-9(6-1-2-7-8(3-6)22-5-21-7)10-14(13(19)12(11)18)20-4-15-16-10/h1-3,9-19H,4-5H2/t9?,10-,11?,12+,13?,14?/m1/s1. The summed E-state index contributed by atoms with van der Waals surface area (Å²) in [6.07, 6.45) is -4.18. The van der Waals surface area contributed by atoms with Gasteiger partial charge in [-0.2, -0.15) is 0 Å². The number of benzene rings is 1. The highest BCUT2D eigenvalue weighted by Crippen LogP contribution is 2.40. The van der Waals surface area contributed by atoms with Gasteiger partial charge in [0, 0.05) is 5.92 Å². The van der Waals surface area contributed by atoms with E-state index >= 15 is 0 Å². The maximum Gasteiger partial charge on any atom is 0.231 e. The zero-order valence-electron chi connectivity index (χ0n) is 11.7. The van der Waals surface area contributed by atoms with Crippen LogP contribution >= 0.6 is 0 Å². The van der Waals surface area contributed by atoms with E-state index in [1.165, 1.54) is 0 Å². The quantitative estimate of drug-likeness (QED) is 0.422. The molecule has 2 aliphatic heterocycles. The predicted molar refractivity (Wildman–Crippen MR) is 73.1 cm³/mol. The first kappa shape index (κ1) is 14.2. The molecule has 1 aromatic rings. The van der Waals surface area contributed by atoms with Crippen molar-refractivity contribution >= 4 is 0 Å². The Balaban J connectivity index is 1.71. The number of ether oxygens (including phenoxy) is 3. The highest BCUT2D eigenvalue weighted by Gasteiger charge is 2.51. The second-order valence-electron chi connectivity index (χ2n) is 5.73. The van der Waals surface area contributed by atoms with Crippen molar-refractivity contribution in [2.75, 3.05) is 13.5 Å². The zero-order chi connectivity index (χ0) is 15.3. The number of hydrazine groups is 1. The Morgan fingerprint density at radius 1 is 1.00 bits per heavy atom. The molecule has 6 atom stereocenters. The molecule has 3 aliphatic rings. The number of fused-ring (bicyclic) bond motifs is 2. The Bertz CT molecular complexity index is 570. The van der Waals surface area contributed by atoms with Gasteiger partial charge in [0.05, 0.1) is 12.1 Å². The van der Waals surface area contributed by atoms with E-state index in [-0.39, 0.29) is 19.6 Å². The number of aliphatic hydroxyl groups is 3. The molecule has 5 N–H and O–H groups in total. The third-order valence-corrected chi connectivity index (χ3v) is 4.54. The zero-order valence-corrected chi connectivity index (χ0v) is 11.7. The molecule has 0 amide bonds. The van der Waals surface area contributed by atoms with E-state index in [9.17, 15) is 15.3 Å². The monoisotopic (exact) mass is 310 g/mol. The molecule has 0 spiro atoms. The van der Waals surface area contributed by atoms with Crippen molar-refractivity contribution in [1.82, 2.24) is 10.9 Å². The Labute approximate surface area is 126 Å². The highest BCUT2D eigenvalue weighted by atomic mass is 16.7. The van der Waals surface area contributed by atoms with Crippen LogP contribution in [0.15, 0.2) is 18.2 Å². The van der Waals surface area contributed by atoms with Gasteiger partial charge in [-0.25, -0.2) is 10.9 Å². The first-order valence-corrected chi connectivity index (χ1v) is 7.20. The predicted octanol–water partition coefficient (Wildman–Crippen LogP) is -1.59. The van der Waals surface area contributed by atoms with Gasteiger partial charge in [-0.05, 0) is 17.7 Å². The number of hydrogen-bond donors (Lipinski definition) is 5. The maximum absolute atomic E-state index is 10.4. The second kappa shape index (κ2) is 5.34. The summed E-state index contributed by atoms with van der Waals surface area (Å²) in [5, 5.41) is 30.7. The second-order valence-corrected chi connectivity index (χ2v) is 5.73. The lowest BCUT2D eigenvalue weighted by Crippen LogP contribution is -2.69. The van der Waals surface area contributed by atoms with Crippen molar-refractivity contribution in [2.45, 2.75) is 36.4 Å². The smallest absolute Gasteiger partial charge is 0.231 e. The molecule has 4 rings (SSSR count). The van der Waals surface area contributed by atoms with Crippen molar-refractivity contribution in [3.8, 4) is 11.5 Å². The third-order valence-electron chi connectivity index (χ3n) is 4.54. The first-order chi connectivity index (χ1) is 10.7. The fourth-order valence-electron chi connectivity index (χ4n) is 3.43. The van der Waals surface area contributed by atoms with Gasteiger partial charge in [0.2, 0.25) is 6.79 Å². The van der Waals surface area contributed by atoms with E-state index in [0.717, 1.165) is 5.56 Å². The molecule has 1 aromatic carbocycles. The Kier molecular flexibility index (Phi) is 3.44. The molecule has 0 bridgehead atoms.